The smallest absolute Gasteiger partial charge is 0.334 e. The summed E-state index contributed by atoms with van der Waals surface area (Å²) in [5, 5.41) is 16.0. The molecule has 2 N–H and O–H groups in total. The Bertz CT molecular complexity index is 1640. The van der Waals surface area contributed by atoms with Gasteiger partial charge in [0.2, 0.25) is 11.8 Å². The Labute approximate surface area is 282 Å². The van der Waals surface area contributed by atoms with Gasteiger partial charge >= 0.3 is 6.03 Å². The molecule has 0 radical (unpaired) electrons. The number of morpholine rings is 1. The van der Waals surface area contributed by atoms with Crippen LogP contribution in [0.5, 0.6) is 5.75 Å². The molecule has 11 nitrogen and oxygen atoms in total. The minimum atomic E-state index is -0.868. The van der Waals surface area contributed by atoms with Gasteiger partial charge in [-0.3, -0.25) is 9.59 Å². The van der Waals surface area contributed by atoms with Crippen molar-refractivity contribution >= 4 is 23.5 Å². The van der Waals surface area contributed by atoms with E-state index in [1.165, 1.54) is 5.01 Å². The lowest BCUT2D eigenvalue weighted by Crippen LogP contribution is -2.76. The molecule has 3 aromatic carbocycles. The zero-order valence-electron chi connectivity index (χ0n) is 26.5. The van der Waals surface area contributed by atoms with Crippen LogP contribution in [0.1, 0.15) is 29.7 Å². The first kappa shape index (κ1) is 34.3. The summed E-state index contributed by atoms with van der Waals surface area (Å²) in [4.78, 5) is 47.7. The van der Waals surface area contributed by atoms with Crippen LogP contribution in [0.15, 0.2) is 72.8 Å². The standard InChI is InChI=1S/C36H40N6O5.CH4/c1-3-15-40-25-34(44)41-32(20-27-11-13-30(43)14-12-27)35(45)39(23-29-10-9-26(2)31(21-29)38-16-18-47-19-17-38)24-33(41)42(40)36(46)37-22-28-7-5-4-6-8-28;/h1,4-14,21,32-33,43H,15-20,22-25H2,2H3,(H,37,46);1H4/t32-,33-;/m0./s1. The first-order chi connectivity index (χ1) is 22.8. The number of carbonyl (C=O) groups is 3. The average Bonchev–Trinajstić information content (AvgIpc) is 3.08. The van der Waals surface area contributed by atoms with Crippen LogP contribution in [0.3, 0.4) is 0 Å². The molecule has 0 unspecified atom stereocenters. The van der Waals surface area contributed by atoms with Gasteiger partial charge in [-0.05, 0) is 47.4 Å². The second-order valence-corrected chi connectivity index (χ2v) is 12.1. The van der Waals surface area contributed by atoms with E-state index in [1.807, 2.05) is 36.4 Å². The predicted molar refractivity (Wildman–Crippen MR) is 184 cm³/mol. The van der Waals surface area contributed by atoms with Crippen LogP contribution in [0.4, 0.5) is 10.5 Å². The van der Waals surface area contributed by atoms with Gasteiger partial charge in [0.05, 0.1) is 32.8 Å². The Morgan fingerprint density at radius 1 is 1.00 bits per heavy atom. The van der Waals surface area contributed by atoms with Crippen LogP contribution in [0.2, 0.25) is 0 Å². The zero-order valence-corrected chi connectivity index (χ0v) is 26.5. The van der Waals surface area contributed by atoms with E-state index in [-0.39, 0.29) is 57.6 Å². The van der Waals surface area contributed by atoms with Crippen molar-refractivity contribution in [2.45, 2.75) is 46.1 Å². The number of phenolic OH excluding ortho intramolecular Hbond substituents is 1. The average molecular weight is 653 g/mol. The minimum absolute atomic E-state index is 0. The van der Waals surface area contributed by atoms with Crippen LogP contribution < -0.4 is 10.2 Å². The van der Waals surface area contributed by atoms with Crippen molar-refractivity contribution in [3.05, 3.63) is 95.1 Å². The summed E-state index contributed by atoms with van der Waals surface area (Å²) < 4.78 is 5.56. The molecule has 0 aromatic heterocycles. The van der Waals surface area contributed by atoms with Crippen LogP contribution >= 0.6 is 0 Å². The number of hydrogen-bond donors (Lipinski definition) is 2. The summed E-state index contributed by atoms with van der Waals surface area (Å²) in [5.74, 6) is 2.22. The SMILES string of the molecule is C.C#CCN1CC(=O)N2[C@@H](Cc3ccc(O)cc3)C(=O)N(Cc3ccc(C)c(N4CCOCC4)c3)C[C@@H]2N1C(=O)NCc1ccccc1. The van der Waals surface area contributed by atoms with Gasteiger partial charge in [-0.1, -0.05) is 67.9 Å². The zero-order chi connectivity index (χ0) is 32.9. The number of rotatable bonds is 8. The van der Waals surface area contributed by atoms with Gasteiger partial charge in [-0.15, -0.1) is 6.42 Å². The Kier molecular flexibility index (Phi) is 10.9. The van der Waals surface area contributed by atoms with Gasteiger partial charge in [-0.25, -0.2) is 9.80 Å². The lowest BCUT2D eigenvalue weighted by molar-refractivity contribution is -0.189. The fourth-order valence-electron chi connectivity index (χ4n) is 6.61. The second-order valence-electron chi connectivity index (χ2n) is 12.1. The molecule has 11 heteroatoms. The minimum Gasteiger partial charge on any atom is -0.508 e. The number of carbonyl (C=O) groups excluding carboxylic acids is 3. The fourth-order valence-corrected chi connectivity index (χ4v) is 6.61. The summed E-state index contributed by atoms with van der Waals surface area (Å²) in [5.41, 5.74) is 4.90. The molecule has 3 fully saturated rings. The van der Waals surface area contributed by atoms with Crippen LogP contribution in [0.25, 0.3) is 0 Å². The van der Waals surface area contributed by atoms with E-state index in [0.717, 1.165) is 41.0 Å². The van der Waals surface area contributed by atoms with E-state index in [4.69, 9.17) is 11.2 Å². The van der Waals surface area contributed by atoms with Gasteiger partial charge < -0.3 is 29.9 Å². The summed E-state index contributed by atoms with van der Waals surface area (Å²) in [7, 11) is 0. The molecular weight excluding hydrogens is 608 g/mol. The molecule has 0 bridgehead atoms. The normalized spacial score (nSPS) is 19.8. The largest absolute Gasteiger partial charge is 0.508 e. The Balaban J connectivity index is 0.00000451. The Morgan fingerprint density at radius 2 is 1.71 bits per heavy atom. The van der Waals surface area contributed by atoms with Crippen LogP contribution in [0, 0.1) is 19.3 Å². The first-order valence-electron chi connectivity index (χ1n) is 15.9. The van der Waals surface area contributed by atoms with Crippen LogP contribution in [-0.2, 0) is 33.8 Å². The van der Waals surface area contributed by atoms with E-state index in [2.05, 4.69) is 35.2 Å². The number of anilines is 1. The number of nitrogens with one attached hydrogen (secondary N) is 1. The highest BCUT2D eigenvalue weighted by Gasteiger charge is 2.51. The number of fused-ring (bicyclic) bond motifs is 1. The second kappa shape index (κ2) is 15.2. The molecule has 2 atom stereocenters. The third-order valence-corrected chi connectivity index (χ3v) is 8.96. The molecule has 252 valence electrons. The first-order valence-corrected chi connectivity index (χ1v) is 15.9. The summed E-state index contributed by atoms with van der Waals surface area (Å²) >= 11 is 0. The molecule has 6 rings (SSSR count). The third-order valence-electron chi connectivity index (χ3n) is 8.96. The predicted octanol–water partition coefficient (Wildman–Crippen LogP) is 3.36. The highest BCUT2D eigenvalue weighted by molar-refractivity contribution is 5.91. The number of amides is 4. The van der Waals surface area contributed by atoms with E-state index >= 15 is 0 Å². The molecule has 3 aliphatic heterocycles. The number of piperazine rings is 1. The molecule has 0 spiro atoms. The van der Waals surface area contributed by atoms with Crippen molar-refractivity contribution in [3.63, 3.8) is 0 Å². The number of ether oxygens (including phenoxy) is 1. The molecule has 3 heterocycles. The number of terminal acetylenes is 1. The maximum atomic E-state index is 14.3. The van der Waals surface area contributed by atoms with Crippen molar-refractivity contribution < 1.29 is 24.2 Å². The number of benzene rings is 3. The van der Waals surface area contributed by atoms with Crippen molar-refractivity contribution in [1.29, 1.82) is 0 Å². The molecule has 48 heavy (non-hydrogen) atoms. The monoisotopic (exact) mass is 652 g/mol. The number of urea groups is 1. The topological polar surface area (TPSA) is 109 Å². The quantitative estimate of drug-likeness (QED) is 0.360. The highest BCUT2D eigenvalue weighted by Crippen LogP contribution is 2.31. The lowest BCUT2D eigenvalue weighted by atomic mass is 9.98. The molecule has 0 saturated carbocycles. The van der Waals surface area contributed by atoms with Crippen molar-refractivity contribution in [2.24, 2.45) is 0 Å². The molecule has 4 amide bonds. The summed E-state index contributed by atoms with van der Waals surface area (Å²) in [6, 6.07) is 21.1. The van der Waals surface area contributed by atoms with E-state index < -0.39 is 18.2 Å². The van der Waals surface area contributed by atoms with Gasteiger partial charge in [0.15, 0.2) is 0 Å². The molecule has 3 saturated heterocycles. The summed E-state index contributed by atoms with van der Waals surface area (Å²) in [6.45, 7) is 5.58. The number of phenols is 1. The van der Waals surface area contributed by atoms with Gasteiger partial charge in [0.1, 0.15) is 18.0 Å². The molecular formula is C37H44N6O5. The number of aromatic hydroxyl groups is 1. The van der Waals surface area contributed by atoms with Crippen LogP contribution in [-0.4, -0.2) is 101 Å². The van der Waals surface area contributed by atoms with Gasteiger partial charge in [0, 0.05) is 38.3 Å². The third kappa shape index (κ3) is 7.40. The molecule has 3 aliphatic rings. The van der Waals surface area contributed by atoms with E-state index in [0.29, 0.717) is 19.8 Å². The van der Waals surface area contributed by atoms with Crippen molar-refractivity contribution in [3.8, 4) is 18.1 Å². The number of hydrazine groups is 1. The number of nitrogens with zero attached hydrogens (tertiary/aromatic N) is 5. The van der Waals surface area contributed by atoms with Crippen molar-refractivity contribution in [1.82, 2.24) is 25.1 Å². The number of aryl methyl sites for hydroxylation is 1. The van der Waals surface area contributed by atoms with Gasteiger partial charge in [-0.2, -0.15) is 5.01 Å². The van der Waals surface area contributed by atoms with E-state index in [9.17, 15) is 19.5 Å². The van der Waals surface area contributed by atoms with Crippen molar-refractivity contribution in [2.75, 3.05) is 50.8 Å². The Morgan fingerprint density at radius 3 is 2.42 bits per heavy atom. The maximum Gasteiger partial charge on any atom is 0.334 e. The molecule has 3 aromatic rings. The lowest BCUT2D eigenvalue weighted by Gasteiger charge is -2.55. The van der Waals surface area contributed by atoms with E-state index in [1.54, 1.807) is 39.1 Å². The molecule has 0 aliphatic carbocycles. The Hall–Kier alpha value is -5.05. The highest BCUT2D eigenvalue weighted by atomic mass is 16.5. The summed E-state index contributed by atoms with van der Waals surface area (Å²) in [6.07, 6.45) is 5.14. The van der Waals surface area contributed by atoms with Gasteiger partial charge in [0.25, 0.3) is 0 Å². The maximum absolute atomic E-state index is 14.3. The number of hydrogen-bond acceptors (Lipinski definition) is 7. The fraction of sp³-hybridized carbons (Fsp3) is 0.378.